The summed E-state index contributed by atoms with van der Waals surface area (Å²) in [5, 5.41) is 2.09. The van der Waals surface area contributed by atoms with Crippen LogP contribution in [0.15, 0.2) is 15.9 Å². The Morgan fingerprint density at radius 3 is 2.79 bits per heavy atom. The van der Waals surface area contributed by atoms with Crippen molar-refractivity contribution in [1.29, 1.82) is 0 Å². The maximum atomic E-state index is 6.31. The van der Waals surface area contributed by atoms with Crippen LogP contribution in [0.25, 0.3) is 0 Å². The molecule has 1 aromatic rings. The number of nitrogens with two attached hydrogens (primary N) is 1. The second-order valence-electron chi connectivity index (χ2n) is 6.56. The largest absolute Gasteiger partial charge is 0.368 e. The van der Waals surface area contributed by atoms with Gasteiger partial charge in [0.25, 0.3) is 0 Å². The van der Waals surface area contributed by atoms with Crippen LogP contribution in [0.2, 0.25) is 0 Å². The van der Waals surface area contributed by atoms with Crippen molar-refractivity contribution in [3.8, 4) is 0 Å². The standard InChI is InChI=1S/C15H24BrNOS/c1-10-4-12(7-15(2,3)6-10)18-13(8-17)14-5-11(16)9-19-14/h5,9-10,12-13H,4,6-8,17H2,1-3H3. The maximum Gasteiger partial charge on any atom is 0.104 e. The number of thiophene rings is 1. The molecule has 0 saturated heterocycles. The van der Waals surface area contributed by atoms with Crippen LogP contribution in [-0.4, -0.2) is 12.6 Å². The molecule has 2 N–H and O–H groups in total. The van der Waals surface area contributed by atoms with Gasteiger partial charge in [0.2, 0.25) is 0 Å². The number of halogens is 1. The van der Waals surface area contributed by atoms with Crippen LogP contribution in [0.3, 0.4) is 0 Å². The van der Waals surface area contributed by atoms with E-state index < -0.39 is 0 Å². The first-order chi connectivity index (χ1) is 8.89. The Labute approximate surface area is 128 Å². The number of ether oxygens (including phenoxy) is 1. The summed E-state index contributed by atoms with van der Waals surface area (Å²) in [5.41, 5.74) is 6.29. The molecule has 0 amide bonds. The number of hydrogen-bond donors (Lipinski definition) is 1. The van der Waals surface area contributed by atoms with Crippen molar-refractivity contribution in [2.24, 2.45) is 17.1 Å². The highest BCUT2D eigenvalue weighted by molar-refractivity contribution is 9.10. The van der Waals surface area contributed by atoms with E-state index in [1.54, 1.807) is 11.3 Å². The van der Waals surface area contributed by atoms with Crippen LogP contribution in [-0.2, 0) is 4.74 Å². The first-order valence-corrected chi connectivity index (χ1v) is 8.66. The Kier molecular flexibility index (Phi) is 5.09. The van der Waals surface area contributed by atoms with E-state index in [1.807, 2.05) is 0 Å². The Morgan fingerprint density at radius 1 is 1.53 bits per heavy atom. The van der Waals surface area contributed by atoms with E-state index in [0.29, 0.717) is 18.1 Å². The number of hydrogen-bond acceptors (Lipinski definition) is 3. The van der Waals surface area contributed by atoms with E-state index in [1.165, 1.54) is 11.3 Å². The lowest BCUT2D eigenvalue weighted by molar-refractivity contribution is -0.0623. The lowest BCUT2D eigenvalue weighted by atomic mass is 9.71. The average Bonchev–Trinajstić information content (AvgIpc) is 2.70. The lowest BCUT2D eigenvalue weighted by Crippen LogP contribution is -2.34. The van der Waals surface area contributed by atoms with Gasteiger partial charge in [-0.15, -0.1) is 11.3 Å². The molecule has 0 aromatic carbocycles. The third-order valence-electron chi connectivity index (χ3n) is 3.82. The van der Waals surface area contributed by atoms with E-state index in [9.17, 15) is 0 Å². The molecular weight excluding hydrogens is 322 g/mol. The highest BCUT2D eigenvalue weighted by atomic mass is 79.9. The van der Waals surface area contributed by atoms with Crippen molar-refractivity contribution in [2.75, 3.05) is 6.54 Å². The van der Waals surface area contributed by atoms with Crippen molar-refractivity contribution >= 4 is 27.3 Å². The molecule has 1 aromatic heterocycles. The zero-order valence-corrected chi connectivity index (χ0v) is 14.4. The van der Waals surface area contributed by atoms with E-state index in [-0.39, 0.29) is 6.10 Å². The first-order valence-electron chi connectivity index (χ1n) is 6.99. The topological polar surface area (TPSA) is 35.2 Å². The molecule has 1 aliphatic rings. The van der Waals surface area contributed by atoms with Gasteiger partial charge in [-0.2, -0.15) is 0 Å². The van der Waals surface area contributed by atoms with Crippen molar-refractivity contribution in [1.82, 2.24) is 0 Å². The molecule has 3 atom stereocenters. The third-order valence-corrected chi connectivity index (χ3v) is 5.61. The Balaban J connectivity index is 2.02. The first kappa shape index (κ1) is 15.5. The highest BCUT2D eigenvalue weighted by Gasteiger charge is 2.33. The zero-order chi connectivity index (χ0) is 14.0. The number of rotatable bonds is 4. The predicted octanol–water partition coefficient (Wildman–Crippen LogP) is 4.74. The molecule has 1 aliphatic carbocycles. The molecule has 0 bridgehead atoms. The molecular formula is C15H24BrNOS. The highest BCUT2D eigenvalue weighted by Crippen LogP contribution is 2.41. The van der Waals surface area contributed by atoms with Crippen molar-refractivity contribution < 1.29 is 4.74 Å². The SMILES string of the molecule is CC1CC(OC(CN)c2cc(Br)cs2)CC(C)(C)C1. The molecule has 1 saturated carbocycles. The summed E-state index contributed by atoms with van der Waals surface area (Å²) < 4.78 is 7.43. The molecule has 4 heteroatoms. The summed E-state index contributed by atoms with van der Waals surface area (Å²) in [7, 11) is 0. The normalized spacial score (nSPS) is 28.3. The lowest BCUT2D eigenvalue weighted by Gasteiger charge is -2.40. The second kappa shape index (κ2) is 6.25. The van der Waals surface area contributed by atoms with Gasteiger partial charge in [-0.1, -0.05) is 20.8 Å². The molecule has 0 radical (unpaired) electrons. The van der Waals surface area contributed by atoms with E-state index in [0.717, 1.165) is 23.2 Å². The summed E-state index contributed by atoms with van der Waals surface area (Å²) in [6, 6.07) is 2.12. The van der Waals surface area contributed by atoms with Gasteiger partial charge < -0.3 is 10.5 Å². The zero-order valence-electron chi connectivity index (χ0n) is 12.0. The summed E-state index contributed by atoms with van der Waals surface area (Å²) in [5.74, 6) is 0.738. The third kappa shape index (κ3) is 4.28. The summed E-state index contributed by atoms with van der Waals surface area (Å²) in [4.78, 5) is 1.23. The van der Waals surface area contributed by atoms with Crippen molar-refractivity contribution in [2.45, 2.75) is 52.2 Å². The van der Waals surface area contributed by atoms with Gasteiger partial charge in [0.15, 0.2) is 0 Å². The van der Waals surface area contributed by atoms with E-state index in [2.05, 4.69) is 48.1 Å². The minimum absolute atomic E-state index is 0.0439. The van der Waals surface area contributed by atoms with Gasteiger partial charge in [0.1, 0.15) is 6.10 Å². The van der Waals surface area contributed by atoms with Crippen LogP contribution in [0, 0.1) is 11.3 Å². The van der Waals surface area contributed by atoms with Gasteiger partial charge in [0, 0.05) is 21.3 Å². The second-order valence-corrected chi connectivity index (χ2v) is 8.42. The Hall–Kier alpha value is 0.1000. The van der Waals surface area contributed by atoms with Crippen molar-refractivity contribution in [3.05, 3.63) is 20.8 Å². The molecule has 0 aliphatic heterocycles. The van der Waals surface area contributed by atoms with Gasteiger partial charge >= 0.3 is 0 Å². The molecule has 2 rings (SSSR count). The van der Waals surface area contributed by atoms with Crippen LogP contribution >= 0.6 is 27.3 Å². The average molecular weight is 346 g/mol. The molecule has 3 unspecified atom stereocenters. The quantitative estimate of drug-likeness (QED) is 0.854. The van der Waals surface area contributed by atoms with Gasteiger partial charge in [-0.3, -0.25) is 0 Å². The van der Waals surface area contributed by atoms with E-state index >= 15 is 0 Å². The maximum absolute atomic E-state index is 6.31. The van der Waals surface area contributed by atoms with Gasteiger partial charge in [-0.25, -0.2) is 0 Å². The Bertz CT molecular complexity index is 418. The van der Waals surface area contributed by atoms with Crippen LogP contribution in [0.5, 0.6) is 0 Å². The minimum atomic E-state index is 0.0439. The molecule has 1 heterocycles. The fourth-order valence-electron chi connectivity index (χ4n) is 3.33. The molecule has 2 nitrogen and oxygen atoms in total. The monoisotopic (exact) mass is 345 g/mol. The summed E-state index contributed by atoms with van der Waals surface area (Å²) >= 11 is 5.22. The molecule has 108 valence electrons. The van der Waals surface area contributed by atoms with Gasteiger partial charge in [-0.05, 0) is 52.6 Å². The minimum Gasteiger partial charge on any atom is -0.368 e. The van der Waals surface area contributed by atoms with Gasteiger partial charge in [0.05, 0.1) is 6.10 Å². The summed E-state index contributed by atoms with van der Waals surface area (Å²) in [6.45, 7) is 7.57. The predicted molar refractivity (Wildman–Crippen MR) is 85.5 cm³/mol. The van der Waals surface area contributed by atoms with Crippen LogP contribution in [0.1, 0.15) is 51.0 Å². The fourth-order valence-corrected chi connectivity index (χ4v) is 4.82. The Morgan fingerprint density at radius 2 is 2.26 bits per heavy atom. The van der Waals surface area contributed by atoms with Crippen molar-refractivity contribution in [3.63, 3.8) is 0 Å². The summed E-state index contributed by atoms with van der Waals surface area (Å²) in [6.07, 6.45) is 3.98. The van der Waals surface area contributed by atoms with Crippen LogP contribution in [0.4, 0.5) is 0 Å². The molecule has 1 fully saturated rings. The fraction of sp³-hybridized carbons (Fsp3) is 0.733. The van der Waals surface area contributed by atoms with E-state index in [4.69, 9.17) is 10.5 Å². The molecule has 0 spiro atoms. The smallest absolute Gasteiger partial charge is 0.104 e. The van der Waals surface area contributed by atoms with Crippen LogP contribution < -0.4 is 5.73 Å². The molecule has 19 heavy (non-hydrogen) atoms.